The fraction of sp³-hybridized carbons (Fsp3) is 0.600. The summed E-state index contributed by atoms with van der Waals surface area (Å²) in [6.07, 6.45) is 2.07. The molecule has 2 heterocycles. The second kappa shape index (κ2) is 4.52. The fourth-order valence-electron chi connectivity index (χ4n) is 2.05. The summed E-state index contributed by atoms with van der Waals surface area (Å²) < 4.78 is 1.44. The van der Waals surface area contributed by atoms with Crippen LogP contribution < -0.4 is 22.3 Å². The first-order valence-electron chi connectivity index (χ1n) is 5.47. The molecule has 0 atom stereocenters. The molecule has 2 rings (SSSR count). The zero-order chi connectivity index (χ0) is 11.5. The molecule has 0 amide bonds. The summed E-state index contributed by atoms with van der Waals surface area (Å²) in [7, 11) is 0. The summed E-state index contributed by atoms with van der Waals surface area (Å²) in [5, 5.41) is 3.26. The number of piperidine rings is 1. The van der Waals surface area contributed by atoms with Gasteiger partial charge in [0.15, 0.2) is 0 Å². The standard InChI is InChI=1S/C10H16N4O2/c11-8-5-9(15)13-10(16)14(8)6-7-1-3-12-4-2-7/h5,7,12H,1-4,6,11H2,(H,13,15,16). The summed E-state index contributed by atoms with van der Waals surface area (Å²) in [6.45, 7) is 2.54. The molecule has 0 aliphatic carbocycles. The molecule has 6 nitrogen and oxygen atoms in total. The summed E-state index contributed by atoms with van der Waals surface area (Å²) in [5.41, 5.74) is 4.81. The third kappa shape index (κ3) is 2.33. The van der Waals surface area contributed by atoms with Gasteiger partial charge in [-0.05, 0) is 31.8 Å². The van der Waals surface area contributed by atoms with Gasteiger partial charge in [0.1, 0.15) is 5.82 Å². The number of H-pyrrole nitrogens is 1. The summed E-state index contributed by atoms with van der Waals surface area (Å²) >= 11 is 0. The zero-order valence-electron chi connectivity index (χ0n) is 9.03. The lowest BCUT2D eigenvalue weighted by Gasteiger charge is -2.23. The van der Waals surface area contributed by atoms with Crippen molar-refractivity contribution in [1.82, 2.24) is 14.9 Å². The Morgan fingerprint density at radius 3 is 2.69 bits per heavy atom. The number of nitrogens with two attached hydrogens (primary N) is 1. The van der Waals surface area contributed by atoms with E-state index in [9.17, 15) is 9.59 Å². The molecule has 88 valence electrons. The quantitative estimate of drug-likeness (QED) is 0.608. The van der Waals surface area contributed by atoms with Crippen LogP contribution in [-0.4, -0.2) is 22.6 Å². The molecule has 1 aliphatic rings. The minimum atomic E-state index is -0.441. The molecule has 16 heavy (non-hydrogen) atoms. The zero-order valence-corrected chi connectivity index (χ0v) is 9.03. The molecule has 0 radical (unpaired) electrons. The van der Waals surface area contributed by atoms with E-state index in [0.717, 1.165) is 25.9 Å². The van der Waals surface area contributed by atoms with Crippen molar-refractivity contribution < 1.29 is 0 Å². The maximum Gasteiger partial charge on any atom is 0.329 e. The molecular formula is C10H16N4O2. The number of nitrogens with one attached hydrogen (secondary N) is 2. The van der Waals surface area contributed by atoms with Crippen molar-refractivity contribution in [3.05, 3.63) is 26.9 Å². The maximum atomic E-state index is 11.5. The Kier molecular flexibility index (Phi) is 3.09. The number of hydrogen-bond acceptors (Lipinski definition) is 4. The van der Waals surface area contributed by atoms with Crippen LogP contribution in [0.1, 0.15) is 12.8 Å². The van der Waals surface area contributed by atoms with Crippen molar-refractivity contribution in [3.8, 4) is 0 Å². The van der Waals surface area contributed by atoms with Crippen LogP contribution in [-0.2, 0) is 6.54 Å². The van der Waals surface area contributed by atoms with Gasteiger partial charge < -0.3 is 11.1 Å². The molecule has 0 saturated carbocycles. The highest BCUT2D eigenvalue weighted by Gasteiger charge is 2.15. The van der Waals surface area contributed by atoms with Gasteiger partial charge in [-0.1, -0.05) is 0 Å². The van der Waals surface area contributed by atoms with E-state index in [0.29, 0.717) is 12.5 Å². The lowest BCUT2D eigenvalue weighted by molar-refractivity contribution is 0.329. The molecular weight excluding hydrogens is 208 g/mol. The molecule has 1 fully saturated rings. The topological polar surface area (TPSA) is 92.9 Å². The van der Waals surface area contributed by atoms with Crippen LogP contribution in [0.25, 0.3) is 0 Å². The number of anilines is 1. The van der Waals surface area contributed by atoms with Crippen molar-refractivity contribution in [2.75, 3.05) is 18.8 Å². The average molecular weight is 224 g/mol. The minimum Gasteiger partial charge on any atom is -0.385 e. The van der Waals surface area contributed by atoms with Crippen molar-refractivity contribution in [3.63, 3.8) is 0 Å². The Bertz CT molecular complexity index is 470. The summed E-state index contributed by atoms with van der Waals surface area (Å²) in [6, 6.07) is 1.25. The van der Waals surface area contributed by atoms with Crippen LogP contribution in [0.5, 0.6) is 0 Å². The molecule has 0 bridgehead atoms. The number of rotatable bonds is 2. The van der Waals surface area contributed by atoms with Crippen LogP contribution in [0, 0.1) is 5.92 Å². The van der Waals surface area contributed by atoms with Gasteiger partial charge >= 0.3 is 5.69 Å². The normalized spacial score (nSPS) is 17.5. The van der Waals surface area contributed by atoms with Gasteiger partial charge in [-0.2, -0.15) is 0 Å². The van der Waals surface area contributed by atoms with Gasteiger partial charge in [0.25, 0.3) is 5.56 Å². The van der Waals surface area contributed by atoms with E-state index in [2.05, 4.69) is 10.3 Å². The highest BCUT2D eigenvalue weighted by molar-refractivity contribution is 5.26. The molecule has 0 unspecified atom stereocenters. The van der Waals surface area contributed by atoms with Gasteiger partial charge in [-0.15, -0.1) is 0 Å². The first kappa shape index (κ1) is 10.9. The molecule has 1 aromatic heterocycles. The van der Waals surface area contributed by atoms with Gasteiger partial charge in [-0.25, -0.2) is 4.79 Å². The fourth-order valence-corrected chi connectivity index (χ4v) is 2.05. The molecule has 1 aliphatic heterocycles. The van der Waals surface area contributed by atoms with E-state index >= 15 is 0 Å². The molecule has 0 spiro atoms. The van der Waals surface area contributed by atoms with Crippen LogP contribution >= 0.6 is 0 Å². The van der Waals surface area contributed by atoms with Crippen molar-refractivity contribution >= 4 is 5.82 Å². The highest BCUT2D eigenvalue weighted by Crippen LogP contribution is 2.14. The van der Waals surface area contributed by atoms with E-state index in [4.69, 9.17) is 5.73 Å². The smallest absolute Gasteiger partial charge is 0.329 e. The van der Waals surface area contributed by atoms with Gasteiger partial charge in [0.2, 0.25) is 0 Å². The van der Waals surface area contributed by atoms with Gasteiger partial charge in [0.05, 0.1) is 0 Å². The number of nitrogen functional groups attached to an aromatic ring is 1. The SMILES string of the molecule is Nc1cc(=O)[nH]c(=O)n1CC1CCNCC1. The Balaban J connectivity index is 2.20. The summed E-state index contributed by atoms with van der Waals surface area (Å²) in [5.74, 6) is 0.694. The van der Waals surface area contributed by atoms with Crippen molar-refractivity contribution in [1.29, 1.82) is 0 Å². The predicted molar refractivity (Wildman–Crippen MR) is 61.3 cm³/mol. The van der Waals surface area contributed by atoms with E-state index in [1.54, 1.807) is 0 Å². The lowest BCUT2D eigenvalue weighted by atomic mass is 9.98. The maximum absolute atomic E-state index is 11.5. The van der Waals surface area contributed by atoms with Gasteiger partial charge in [-0.3, -0.25) is 14.3 Å². The lowest BCUT2D eigenvalue weighted by Crippen LogP contribution is -2.36. The molecule has 0 aromatic carbocycles. The Morgan fingerprint density at radius 1 is 1.38 bits per heavy atom. The Labute approximate surface area is 92.5 Å². The van der Waals surface area contributed by atoms with E-state index < -0.39 is 11.2 Å². The second-order valence-electron chi connectivity index (χ2n) is 4.17. The molecule has 6 heteroatoms. The molecule has 4 N–H and O–H groups in total. The van der Waals surface area contributed by atoms with Crippen LogP contribution in [0.4, 0.5) is 5.82 Å². The minimum absolute atomic E-state index is 0.243. The summed E-state index contributed by atoms with van der Waals surface area (Å²) in [4.78, 5) is 24.8. The van der Waals surface area contributed by atoms with E-state index in [1.165, 1.54) is 10.6 Å². The first-order valence-corrected chi connectivity index (χ1v) is 5.47. The number of aromatic amines is 1. The second-order valence-corrected chi connectivity index (χ2v) is 4.17. The number of nitrogens with zero attached hydrogens (tertiary/aromatic N) is 1. The Morgan fingerprint density at radius 2 is 2.06 bits per heavy atom. The average Bonchev–Trinajstić information content (AvgIpc) is 2.25. The van der Waals surface area contributed by atoms with E-state index in [1.807, 2.05) is 0 Å². The molecule has 1 aromatic rings. The molecule has 1 saturated heterocycles. The van der Waals surface area contributed by atoms with Crippen LogP contribution in [0.2, 0.25) is 0 Å². The third-order valence-corrected chi connectivity index (χ3v) is 2.97. The Hall–Kier alpha value is -1.56. The van der Waals surface area contributed by atoms with Crippen molar-refractivity contribution in [2.24, 2.45) is 5.92 Å². The third-order valence-electron chi connectivity index (χ3n) is 2.97. The number of aromatic nitrogens is 2. The van der Waals surface area contributed by atoms with Gasteiger partial charge in [0, 0.05) is 12.6 Å². The first-order chi connectivity index (χ1) is 7.66. The predicted octanol–water partition coefficient (Wildman–Crippen LogP) is -0.882. The highest BCUT2D eigenvalue weighted by atomic mass is 16.2. The largest absolute Gasteiger partial charge is 0.385 e. The van der Waals surface area contributed by atoms with E-state index in [-0.39, 0.29) is 5.82 Å². The van der Waals surface area contributed by atoms with Crippen molar-refractivity contribution in [2.45, 2.75) is 19.4 Å². The van der Waals surface area contributed by atoms with Crippen LogP contribution in [0.15, 0.2) is 15.7 Å². The van der Waals surface area contributed by atoms with Crippen LogP contribution in [0.3, 0.4) is 0 Å². The number of hydrogen-bond donors (Lipinski definition) is 3. The monoisotopic (exact) mass is 224 g/mol.